The largest absolute Gasteiger partial charge is 0.399 e. The maximum absolute atomic E-state index is 12.9. The Morgan fingerprint density at radius 1 is 0.880 bits per heavy atom. The average Bonchev–Trinajstić information content (AvgIpc) is 2.60. The Morgan fingerprint density at radius 2 is 1.52 bits per heavy atom. The quantitative estimate of drug-likeness (QED) is 0.335. The summed E-state index contributed by atoms with van der Waals surface area (Å²) in [7, 11) is 0. The van der Waals surface area contributed by atoms with Gasteiger partial charge >= 0.3 is 0 Å². The molecule has 0 saturated carbocycles. The molecule has 0 radical (unpaired) electrons. The number of rotatable bonds is 2. The molecule has 25 heavy (non-hydrogen) atoms. The molecule has 0 aliphatic carbocycles. The summed E-state index contributed by atoms with van der Waals surface area (Å²) in [6.07, 6.45) is 0. The van der Waals surface area contributed by atoms with Crippen molar-refractivity contribution in [2.24, 2.45) is 0 Å². The van der Waals surface area contributed by atoms with Crippen LogP contribution >= 0.6 is 0 Å². The van der Waals surface area contributed by atoms with Crippen molar-refractivity contribution in [1.29, 1.82) is 0 Å². The lowest BCUT2D eigenvalue weighted by Crippen LogP contribution is -2.40. The standard InChI is InChI=1S/C18H11N3O4/c19-10-4-6-11(7-5-10)20-17(22)13-3-1-2-12-15(21(24)25)9-8-14(16(12)13)18(20)23/h1-9H,19H2. The number of nitro groups is 1. The molecule has 122 valence electrons. The number of hydrogen-bond acceptors (Lipinski definition) is 5. The Hall–Kier alpha value is -3.74. The fraction of sp³-hybridized carbons (Fsp3) is 0. The molecule has 0 aromatic heterocycles. The van der Waals surface area contributed by atoms with E-state index in [9.17, 15) is 19.7 Å². The third kappa shape index (κ3) is 2.06. The molecule has 3 aromatic carbocycles. The fourth-order valence-electron chi connectivity index (χ4n) is 3.10. The molecule has 2 amide bonds. The molecule has 3 aromatic rings. The first kappa shape index (κ1) is 14.8. The van der Waals surface area contributed by atoms with E-state index in [1.54, 1.807) is 42.5 Å². The van der Waals surface area contributed by atoms with Crippen LogP contribution in [-0.2, 0) is 0 Å². The molecule has 0 fully saturated rings. The van der Waals surface area contributed by atoms with Crippen LogP contribution in [0.3, 0.4) is 0 Å². The lowest BCUT2D eigenvalue weighted by molar-refractivity contribution is -0.383. The van der Waals surface area contributed by atoms with E-state index < -0.39 is 16.7 Å². The monoisotopic (exact) mass is 333 g/mol. The number of imide groups is 1. The highest BCUT2D eigenvalue weighted by molar-refractivity contribution is 6.36. The van der Waals surface area contributed by atoms with Gasteiger partial charge in [0.2, 0.25) is 0 Å². The van der Waals surface area contributed by atoms with Gasteiger partial charge < -0.3 is 5.73 Å². The van der Waals surface area contributed by atoms with Gasteiger partial charge in [-0.3, -0.25) is 19.7 Å². The molecule has 4 rings (SSSR count). The average molecular weight is 333 g/mol. The van der Waals surface area contributed by atoms with Gasteiger partial charge in [-0.25, -0.2) is 4.90 Å². The van der Waals surface area contributed by atoms with Gasteiger partial charge in [0, 0.05) is 28.3 Å². The summed E-state index contributed by atoms with van der Waals surface area (Å²) >= 11 is 0. The maximum atomic E-state index is 12.9. The van der Waals surface area contributed by atoms with Gasteiger partial charge in [-0.15, -0.1) is 0 Å². The lowest BCUT2D eigenvalue weighted by Gasteiger charge is -2.27. The second kappa shape index (κ2) is 5.13. The van der Waals surface area contributed by atoms with Gasteiger partial charge in [0.1, 0.15) is 0 Å². The van der Waals surface area contributed by atoms with E-state index in [0.717, 1.165) is 4.90 Å². The number of carbonyl (C=O) groups excluding carboxylic acids is 2. The number of amides is 2. The molecule has 0 unspecified atom stereocenters. The Balaban J connectivity index is 1.99. The van der Waals surface area contributed by atoms with Gasteiger partial charge in [0.25, 0.3) is 17.5 Å². The number of non-ortho nitro benzene ring substituents is 1. The third-order valence-electron chi connectivity index (χ3n) is 4.23. The van der Waals surface area contributed by atoms with Crippen molar-refractivity contribution in [3.8, 4) is 0 Å². The summed E-state index contributed by atoms with van der Waals surface area (Å²) in [4.78, 5) is 37.5. The van der Waals surface area contributed by atoms with E-state index in [1.807, 2.05) is 0 Å². The zero-order valence-corrected chi connectivity index (χ0v) is 12.8. The second-order valence-corrected chi connectivity index (χ2v) is 5.65. The fourth-order valence-corrected chi connectivity index (χ4v) is 3.10. The van der Waals surface area contributed by atoms with Gasteiger partial charge in [0.05, 0.1) is 16.0 Å². The van der Waals surface area contributed by atoms with E-state index >= 15 is 0 Å². The normalized spacial score (nSPS) is 13.4. The van der Waals surface area contributed by atoms with Crippen LogP contribution in [0, 0.1) is 10.1 Å². The van der Waals surface area contributed by atoms with Crippen LogP contribution in [-0.4, -0.2) is 16.7 Å². The van der Waals surface area contributed by atoms with Gasteiger partial charge in [-0.1, -0.05) is 6.07 Å². The highest BCUT2D eigenvalue weighted by Gasteiger charge is 2.35. The van der Waals surface area contributed by atoms with Gasteiger partial charge in [0.15, 0.2) is 0 Å². The van der Waals surface area contributed by atoms with E-state index in [4.69, 9.17) is 5.73 Å². The van der Waals surface area contributed by atoms with Crippen LogP contribution in [0.2, 0.25) is 0 Å². The highest BCUT2D eigenvalue weighted by atomic mass is 16.6. The molecule has 7 nitrogen and oxygen atoms in total. The maximum Gasteiger partial charge on any atom is 0.277 e. The van der Waals surface area contributed by atoms with Crippen LogP contribution in [0.25, 0.3) is 10.8 Å². The van der Waals surface area contributed by atoms with Crippen LogP contribution in [0.1, 0.15) is 20.7 Å². The number of hydrogen-bond donors (Lipinski definition) is 1. The predicted octanol–water partition coefficient (Wildman–Crippen LogP) is 3.13. The second-order valence-electron chi connectivity index (χ2n) is 5.65. The number of benzene rings is 3. The molecule has 7 heteroatoms. The van der Waals surface area contributed by atoms with Crippen molar-refractivity contribution >= 4 is 39.6 Å². The van der Waals surface area contributed by atoms with Crippen molar-refractivity contribution in [1.82, 2.24) is 0 Å². The minimum Gasteiger partial charge on any atom is -0.399 e. The Labute approximate surface area is 141 Å². The van der Waals surface area contributed by atoms with Crippen LogP contribution in [0.15, 0.2) is 54.6 Å². The predicted molar refractivity (Wildman–Crippen MR) is 92.6 cm³/mol. The molecular weight excluding hydrogens is 322 g/mol. The zero-order chi connectivity index (χ0) is 17.7. The molecule has 1 heterocycles. The third-order valence-corrected chi connectivity index (χ3v) is 4.23. The smallest absolute Gasteiger partial charge is 0.277 e. The minimum absolute atomic E-state index is 0.137. The SMILES string of the molecule is Nc1ccc(N2C(=O)c3cccc4c([N+](=O)[O-])ccc(c34)C2=O)cc1. The van der Waals surface area contributed by atoms with Crippen molar-refractivity contribution in [2.75, 3.05) is 10.6 Å². The Bertz CT molecular complexity index is 1050. The first-order valence-electron chi connectivity index (χ1n) is 7.43. The summed E-state index contributed by atoms with van der Waals surface area (Å²) < 4.78 is 0. The van der Waals surface area contributed by atoms with E-state index in [0.29, 0.717) is 16.8 Å². The van der Waals surface area contributed by atoms with Crippen molar-refractivity contribution in [3.05, 3.63) is 75.8 Å². The van der Waals surface area contributed by atoms with E-state index in [-0.39, 0.29) is 22.2 Å². The molecular formula is C18H11N3O4. The summed E-state index contributed by atoms with van der Waals surface area (Å²) in [5, 5.41) is 11.8. The number of nitrogen functional groups attached to an aromatic ring is 1. The zero-order valence-electron chi connectivity index (χ0n) is 12.8. The van der Waals surface area contributed by atoms with Crippen LogP contribution < -0.4 is 10.6 Å². The number of nitro benzene ring substituents is 1. The topological polar surface area (TPSA) is 107 Å². The van der Waals surface area contributed by atoms with Crippen molar-refractivity contribution < 1.29 is 14.5 Å². The Morgan fingerprint density at radius 3 is 2.16 bits per heavy atom. The molecule has 2 N–H and O–H groups in total. The number of carbonyl (C=O) groups is 2. The minimum atomic E-state index is -0.524. The van der Waals surface area contributed by atoms with Crippen LogP contribution in [0.4, 0.5) is 17.1 Å². The van der Waals surface area contributed by atoms with Gasteiger partial charge in [-0.05, 0) is 42.5 Å². The van der Waals surface area contributed by atoms with E-state index in [1.165, 1.54) is 12.1 Å². The molecule has 0 saturated heterocycles. The molecule has 0 spiro atoms. The lowest BCUT2D eigenvalue weighted by atomic mass is 9.93. The summed E-state index contributed by atoms with van der Waals surface area (Å²) in [5.41, 5.74) is 6.94. The number of nitrogens with zero attached hydrogens (tertiary/aromatic N) is 2. The van der Waals surface area contributed by atoms with Crippen molar-refractivity contribution in [3.63, 3.8) is 0 Å². The van der Waals surface area contributed by atoms with Crippen molar-refractivity contribution in [2.45, 2.75) is 0 Å². The first-order valence-corrected chi connectivity index (χ1v) is 7.43. The number of anilines is 2. The molecule has 0 atom stereocenters. The van der Waals surface area contributed by atoms with E-state index in [2.05, 4.69) is 0 Å². The first-order chi connectivity index (χ1) is 12.0. The molecule has 1 aliphatic rings. The van der Waals surface area contributed by atoms with Crippen LogP contribution in [0.5, 0.6) is 0 Å². The summed E-state index contributed by atoms with van der Waals surface area (Å²) in [6.45, 7) is 0. The Kier molecular flexibility index (Phi) is 3.04. The van der Waals surface area contributed by atoms with Gasteiger partial charge in [-0.2, -0.15) is 0 Å². The number of nitrogens with two attached hydrogens (primary N) is 1. The molecule has 1 aliphatic heterocycles. The highest BCUT2D eigenvalue weighted by Crippen LogP contribution is 2.36. The summed E-state index contributed by atoms with van der Waals surface area (Å²) in [5.74, 6) is -1.04. The molecule has 0 bridgehead atoms. The summed E-state index contributed by atoms with van der Waals surface area (Å²) in [6, 6.07) is 13.7.